The molecule has 0 fully saturated rings. The van der Waals surface area contributed by atoms with Crippen molar-refractivity contribution in [2.24, 2.45) is 0 Å². The van der Waals surface area contributed by atoms with Gasteiger partial charge in [0.2, 0.25) is 19.7 Å². The van der Waals surface area contributed by atoms with E-state index in [1.807, 2.05) is 24.3 Å². The molecule has 2 N–H and O–H groups in total. The second-order valence-electron chi connectivity index (χ2n) is 9.28. The lowest BCUT2D eigenvalue weighted by atomic mass is 10.1. The number of phenolic OH excluding ortho intramolecular Hbond substituents is 2. The second kappa shape index (κ2) is 12.0. The molecule has 0 heterocycles. The first-order valence-electron chi connectivity index (χ1n) is 12.7. The van der Waals surface area contributed by atoms with Crippen LogP contribution in [-0.4, -0.2) is 27.0 Å². The van der Waals surface area contributed by atoms with Gasteiger partial charge in [0.25, 0.3) is 0 Å². The highest BCUT2D eigenvalue weighted by atomic mass is 32.2. The van der Waals surface area contributed by atoms with E-state index in [1.54, 1.807) is 48.5 Å². The van der Waals surface area contributed by atoms with Crippen molar-refractivity contribution in [2.75, 3.05) is 0 Å². The van der Waals surface area contributed by atoms with Crippen LogP contribution in [0.4, 0.5) is 0 Å². The molecule has 0 saturated heterocycles. The highest BCUT2D eigenvalue weighted by Gasteiger charge is 2.22. The van der Waals surface area contributed by atoms with Gasteiger partial charge in [0.05, 0.1) is 9.79 Å². The van der Waals surface area contributed by atoms with Crippen molar-refractivity contribution in [1.29, 1.82) is 0 Å². The fourth-order valence-corrected chi connectivity index (χ4v) is 6.82. The first-order chi connectivity index (χ1) is 20.1. The smallest absolute Gasteiger partial charge is 0.210 e. The molecule has 214 valence electrons. The highest BCUT2D eigenvalue weighted by molar-refractivity contribution is 7.92. The number of benzene rings is 5. The number of phenols is 2. The standard InChI is InChI=1S/C32H26O8S2/c33-29-5-1-3-7-31(29)41(35,36)27-17-13-25(14-18-27)39-21-23-9-11-24(12-10-23)22-40-26-15-19-28(20-16-26)42(37,38)32-8-4-2-6-30(32)34/h1-20,33-34H,21-22H2. The summed E-state index contributed by atoms with van der Waals surface area (Å²) in [5.74, 6) is 0.375. The molecular formula is C32H26O8S2. The van der Waals surface area contributed by atoms with Crippen LogP contribution in [0.3, 0.4) is 0 Å². The van der Waals surface area contributed by atoms with E-state index in [2.05, 4.69) is 0 Å². The molecular weight excluding hydrogens is 576 g/mol. The third kappa shape index (κ3) is 6.24. The van der Waals surface area contributed by atoms with Gasteiger partial charge in [0.15, 0.2) is 0 Å². The molecule has 8 nitrogen and oxygen atoms in total. The van der Waals surface area contributed by atoms with Gasteiger partial charge < -0.3 is 19.7 Å². The lowest BCUT2D eigenvalue weighted by molar-refractivity contribution is 0.302. The molecule has 0 aliphatic rings. The fourth-order valence-electron chi connectivity index (χ4n) is 4.12. The minimum absolute atomic E-state index is 0.0486. The predicted octanol–water partition coefficient (Wildman–Crippen LogP) is 5.92. The van der Waals surface area contributed by atoms with Gasteiger partial charge in [-0.1, -0.05) is 48.5 Å². The lowest BCUT2D eigenvalue weighted by Crippen LogP contribution is -2.03. The van der Waals surface area contributed by atoms with Gasteiger partial charge in [-0.05, 0) is 83.9 Å². The van der Waals surface area contributed by atoms with Crippen molar-refractivity contribution in [3.8, 4) is 23.0 Å². The highest BCUT2D eigenvalue weighted by Crippen LogP contribution is 2.30. The van der Waals surface area contributed by atoms with E-state index < -0.39 is 19.7 Å². The molecule has 0 unspecified atom stereocenters. The van der Waals surface area contributed by atoms with Crippen LogP contribution in [0.5, 0.6) is 23.0 Å². The van der Waals surface area contributed by atoms with Crippen LogP contribution in [0.2, 0.25) is 0 Å². The van der Waals surface area contributed by atoms with Gasteiger partial charge >= 0.3 is 0 Å². The molecule has 0 aliphatic heterocycles. The van der Waals surface area contributed by atoms with Crippen molar-refractivity contribution in [3.05, 3.63) is 132 Å². The maximum atomic E-state index is 12.8. The summed E-state index contributed by atoms with van der Waals surface area (Å²) in [6.07, 6.45) is 0. The van der Waals surface area contributed by atoms with Crippen LogP contribution in [0.1, 0.15) is 11.1 Å². The quantitative estimate of drug-likeness (QED) is 0.202. The largest absolute Gasteiger partial charge is 0.507 e. The zero-order valence-electron chi connectivity index (χ0n) is 22.1. The van der Waals surface area contributed by atoms with Crippen molar-refractivity contribution < 1.29 is 36.5 Å². The van der Waals surface area contributed by atoms with Gasteiger partial charge in [-0.2, -0.15) is 0 Å². The maximum Gasteiger partial charge on any atom is 0.210 e. The third-order valence-corrected chi connectivity index (χ3v) is 10.0. The Kier molecular flexibility index (Phi) is 8.19. The molecule has 0 spiro atoms. The van der Waals surface area contributed by atoms with Gasteiger partial charge in [-0.15, -0.1) is 0 Å². The van der Waals surface area contributed by atoms with Crippen molar-refractivity contribution >= 4 is 19.7 Å². The molecule has 42 heavy (non-hydrogen) atoms. The molecule has 5 aromatic rings. The number of hydrogen-bond acceptors (Lipinski definition) is 8. The average molecular weight is 603 g/mol. The number of sulfone groups is 2. The molecule has 0 radical (unpaired) electrons. The molecule has 0 amide bonds. The second-order valence-corrected chi connectivity index (χ2v) is 13.1. The van der Waals surface area contributed by atoms with Gasteiger partial charge in [-0.3, -0.25) is 0 Å². The predicted molar refractivity (Wildman–Crippen MR) is 155 cm³/mol. The summed E-state index contributed by atoms with van der Waals surface area (Å²) in [4.78, 5) is -0.214. The van der Waals surface area contributed by atoms with Crippen molar-refractivity contribution in [1.82, 2.24) is 0 Å². The Bertz CT molecular complexity index is 1760. The lowest BCUT2D eigenvalue weighted by Gasteiger charge is -2.11. The van der Waals surface area contributed by atoms with Gasteiger partial charge in [-0.25, -0.2) is 16.8 Å². The summed E-state index contributed by atoms with van der Waals surface area (Å²) in [5.41, 5.74) is 1.78. The maximum absolute atomic E-state index is 12.8. The Labute approximate surface area is 243 Å². The van der Waals surface area contributed by atoms with Crippen LogP contribution >= 0.6 is 0 Å². The summed E-state index contributed by atoms with van der Waals surface area (Å²) in [6.45, 7) is 0.527. The number of rotatable bonds is 10. The summed E-state index contributed by atoms with van der Waals surface area (Å²) in [5, 5.41) is 19.9. The SMILES string of the molecule is O=S(=O)(c1ccc(OCc2ccc(COc3ccc(S(=O)(=O)c4ccccc4O)cc3)cc2)cc1)c1ccccc1O. The van der Waals surface area contributed by atoms with Crippen molar-refractivity contribution in [2.45, 2.75) is 32.8 Å². The first-order valence-corrected chi connectivity index (χ1v) is 15.7. The molecule has 10 heteroatoms. The number of para-hydroxylation sites is 2. The van der Waals surface area contributed by atoms with Crippen LogP contribution in [0, 0.1) is 0 Å². The van der Waals surface area contributed by atoms with E-state index in [0.717, 1.165) is 11.1 Å². The summed E-state index contributed by atoms with van der Waals surface area (Å²) in [7, 11) is -7.72. The summed E-state index contributed by atoms with van der Waals surface area (Å²) in [6, 6.07) is 31.1. The molecule has 0 saturated carbocycles. The fraction of sp³-hybridized carbons (Fsp3) is 0.0625. The minimum Gasteiger partial charge on any atom is -0.507 e. The molecule has 0 aliphatic carbocycles. The Morgan fingerprint density at radius 1 is 0.452 bits per heavy atom. The first kappa shape index (κ1) is 28.7. The number of ether oxygens (including phenoxy) is 2. The third-order valence-electron chi connectivity index (χ3n) is 6.41. The Hall–Kier alpha value is -4.80. The molecule has 5 aromatic carbocycles. The van der Waals surface area contributed by atoms with Crippen LogP contribution in [0.15, 0.2) is 141 Å². The van der Waals surface area contributed by atoms with E-state index in [0.29, 0.717) is 11.5 Å². The Morgan fingerprint density at radius 3 is 1.12 bits per heavy atom. The van der Waals surface area contributed by atoms with Crippen LogP contribution in [0.25, 0.3) is 0 Å². The summed E-state index contributed by atoms with van der Waals surface area (Å²) < 4.78 is 62.8. The molecule has 0 atom stereocenters. The zero-order chi connectivity index (χ0) is 29.7. The number of aromatic hydroxyl groups is 2. The van der Waals surface area contributed by atoms with Gasteiger partial charge in [0, 0.05) is 0 Å². The van der Waals surface area contributed by atoms with E-state index in [4.69, 9.17) is 9.47 Å². The molecule has 0 aromatic heterocycles. The van der Waals surface area contributed by atoms with E-state index in [9.17, 15) is 27.0 Å². The number of hydrogen-bond donors (Lipinski definition) is 2. The summed E-state index contributed by atoms with van der Waals surface area (Å²) >= 11 is 0. The Balaban J connectivity index is 1.15. The van der Waals surface area contributed by atoms with E-state index in [1.165, 1.54) is 48.5 Å². The zero-order valence-corrected chi connectivity index (χ0v) is 23.8. The van der Waals surface area contributed by atoms with E-state index >= 15 is 0 Å². The minimum atomic E-state index is -3.86. The van der Waals surface area contributed by atoms with Crippen LogP contribution in [-0.2, 0) is 32.9 Å². The molecule has 5 rings (SSSR count). The van der Waals surface area contributed by atoms with E-state index in [-0.39, 0.29) is 44.3 Å². The average Bonchev–Trinajstić information content (AvgIpc) is 3.00. The monoisotopic (exact) mass is 602 g/mol. The Morgan fingerprint density at radius 2 is 0.786 bits per heavy atom. The normalized spacial score (nSPS) is 11.6. The van der Waals surface area contributed by atoms with Crippen molar-refractivity contribution in [3.63, 3.8) is 0 Å². The van der Waals surface area contributed by atoms with Gasteiger partial charge in [0.1, 0.15) is 46.0 Å². The molecule has 0 bridgehead atoms. The van der Waals surface area contributed by atoms with Crippen LogP contribution < -0.4 is 9.47 Å². The topological polar surface area (TPSA) is 127 Å².